The smallest absolute Gasteiger partial charge is 0.326 e. The van der Waals surface area contributed by atoms with Crippen LogP contribution in [0, 0.1) is 11.2 Å². The molecule has 1 unspecified atom stereocenters. The minimum Gasteiger partial charge on any atom is -0.480 e. The number of carbonyl (C=O) groups excluding carboxylic acids is 1. The van der Waals surface area contributed by atoms with Crippen molar-refractivity contribution in [1.82, 2.24) is 9.80 Å². The quantitative estimate of drug-likeness (QED) is 0.861. The number of piperidine rings is 2. The molecule has 0 aliphatic carbocycles. The fourth-order valence-corrected chi connectivity index (χ4v) is 4.06. The number of carbonyl (C=O) groups is 2. The monoisotopic (exact) mass is 374 g/mol. The lowest BCUT2D eigenvalue weighted by molar-refractivity contribution is -0.154. The third-order valence-electron chi connectivity index (χ3n) is 5.98. The Hall–Kier alpha value is -2.21. The van der Waals surface area contributed by atoms with E-state index < -0.39 is 12.0 Å². The standard InChI is InChI=1S/C21H27FN2O3/c1-16(20(26)27)24-15-21(9-8-19(24)25)10-13-23(14-11-21)12-2-3-17-4-6-18(22)7-5-17/h2-7,16H,8-15H2,1H3,(H,26,27)/b3-2+. The Kier molecular flexibility index (Phi) is 5.95. The molecule has 5 nitrogen and oxygen atoms in total. The number of aliphatic carboxylic acids is 1. The maximum atomic E-state index is 12.9. The lowest BCUT2D eigenvalue weighted by Crippen LogP contribution is -2.55. The molecule has 2 saturated heterocycles. The molecule has 1 aromatic rings. The van der Waals surface area contributed by atoms with Crippen LogP contribution in [0.3, 0.4) is 0 Å². The van der Waals surface area contributed by atoms with E-state index in [4.69, 9.17) is 0 Å². The van der Waals surface area contributed by atoms with E-state index in [1.54, 1.807) is 24.0 Å². The van der Waals surface area contributed by atoms with Crippen LogP contribution in [-0.2, 0) is 9.59 Å². The second-order valence-corrected chi connectivity index (χ2v) is 7.79. The highest BCUT2D eigenvalue weighted by Crippen LogP contribution is 2.40. The summed E-state index contributed by atoms with van der Waals surface area (Å²) in [5.41, 5.74) is 1.03. The molecule has 0 radical (unpaired) electrons. The molecule has 1 atom stereocenters. The summed E-state index contributed by atoms with van der Waals surface area (Å²) in [7, 11) is 0. The van der Waals surface area contributed by atoms with Gasteiger partial charge in [-0.2, -0.15) is 0 Å². The number of amides is 1. The number of halogens is 1. The fourth-order valence-electron chi connectivity index (χ4n) is 4.06. The first-order valence-corrected chi connectivity index (χ1v) is 9.55. The number of rotatable bonds is 5. The first kappa shape index (κ1) is 19.5. The van der Waals surface area contributed by atoms with Crippen molar-refractivity contribution in [2.45, 2.75) is 38.6 Å². The van der Waals surface area contributed by atoms with E-state index in [-0.39, 0.29) is 17.1 Å². The number of likely N-dealkylation sites (tertiary alicyclic amines) is 2. The lowest BCUT2D eigenvalue weighted by Gasteiger charge is -2.48. The number of nitrogens with zero attached hydrogens (tertiary/aromatic N) is 2. The molecule has 0 aromatic heterocycles. The molecule has 146 valence electrons. The van der Waals surface area contributed by atoms with Gasteiger partial charge >= 0.3 is 5.97 Å². The Bertz CT molecular complexity index is 709. The molecular formula is C21H27FN2O3. The highest BCUT2D eigenvalue weighted by Gasteiger charge is 2.43. The van der Waals surface area contributed by atoms with E-state index >= 15 is 0 Å². The molecule has 0 saturated carbocycles. The molecule has 27 heavy (non-hydrogen) atoms. The maximum absolute atomic E-state index is 12.9. The molecule has 2 fully saturated rings. The van der Waals surface area contributed by atoms with Gasteiger partial charge in [0, 0.05) is 19.5 Å². The van der Waals surface area contributed by atoms with Gasteiger partial charge in [0.05, 0.1) is 0 Å². The van der Waals surface area contributed by atoms with Crippen molar-refractivity contribution in [2.24, 2.45) is 5.41 Å². The first-order chi connectivity index (χ1) is 12.9. The van der Waals surface area contributed by atoms with Crippen LogP contribution in [0.5, 0.6) is 0 Å². The minimum absolute atomic E-state index is 0.0415. The summed E-state index contributed by atoms with van der Waals surface area (Å²) >= 11 is 0. The second-order valence-electron chi connectivity index (χ2n) is 7.79. The summed E-state index contributed by atoms with van der Waals surface area (Å²) in [5.74, 6) is -1.21. The van der Waals surface area contributed by atoms with E-state index in [2.05, 4.69) is 11.0 Å². The number of benzene rings is 1. The molecule has 0 bridgehead atoms. The van der Waals surface area contributed by atoms with Crippen molar-refractivity contribution in [1.29, 1.82) is 0 Å². The Labute approximate surface area is 159 Å². The van der Waals surface area contributed by atoms with Gasteiger partial charge in [0.25, 0.3) is 0 Å². The largest absolute Gasteiger partial charge is 0.480 e. The van der Waals surface area contributed by atoms with Crippen LogP contribution in [-0.4, -0.2) is 59.0 Å². The van der Waals surface area contributed by atoms with Crippen LogP contribution < -0.4 is 0 Å². The van der Waals surface area contributed by atoms with Crippen LogP contribution in [0.4, 0.5) is 4.39 Å². The van der Waals surface area contributed by atoms with Crippen molar-refractivity contribution in [3.63, 3.8) is 0 Å². The van der Waals surface area contributed by atoms with E-state index in [9.17, 15) is 19.1 Å². The molecule has 2 heterocycles. The van der Waals surface area contributed by atoms with E-state index in [0.717, 1.165) is 44.5 Å². The Morgan fingerprint density at radius 2 is 1.93 bits per heavy atom. The van der Waals surface area contributed by atoms with Gasteiger partial charge in [0.2, 0.25) is 5.91 Å². The molecular weight excluding hydrogens is 347 g/mol. The zero-order valence-corrected chi connectivity index (χ0v) is 15.7. The topological polar surface area (TPSA) is 60.9 Å². The maximum Gasteiger partial charge on any atom is 0.326 e. The first-order valence-electron chi connectivity index (χ1n) is 9.55. The highest BCUT2D eigenvalue weighted by molar-refractivity contribution is 5.84. The number of hydrogen-bond acceptors (Lipinski definition) is 3. The average molecular weight is 374 g/mol. The zero-order valence-electron chi connectivity index (χ0n) is 15.7. The lowest BCUT2D eigenvalue weighted by atomic mass is 9.72. The third kappa shape index (κ3) is 4.75. The molecule has 3 rings (SSSR count). The third-order valence-corrected chi connectivity index (χ3v) is 5.98. The molecule has 1 aromatic carbocycles. The summed E-state index contributed by atoms with van der Waals surface area (Å²) in [6.07, 6.45) is 7.35. The van der Waals surface area contributed by atoms with Crippen LogP contribution in [0.1, 0.15) is 38.2 Å². The van der Waals surface area contributed by atoms with Crippen LogP contribution in [0.2, 0.25) is 0 Å². The van der Waals surface area contributed by atoms with Crippen LogP contribution >= 0.6 is 0 Å². The Morgan fingerprint density at radius 3 is 2.56 bits per heavy atom. The summed E-state index contributed by atoms with van der Waals surface area (Å²) in [6, 6.07) is 5.67. The van der Waals surface area contributed by atoms with Gasteiger partial charge in [0.15, 0.2) is 0 Å². The van der Waals surface area contributed by atoms with Gasteiger partial charge in [-0.05, 0) is 62.4 Å². The van der Waals surface area contributed by atoms with Gasteiger partial charge in [-0.15, -0.1) is 0 Å². The average Bonchev–Trinajstić information content (AvgIpc) is 2.66. The summed E-state index contributed by atoms with van der Waals surface area (Å²) in [4.78, 5) is 27.4. The summed E-state index contributed by atoms with van der Waals surface area (Å²) in [5, 5.41) is 9.26. The number of hydrogen-bond donors (Lipinski definition) is 1. The zero-order chi connectivity index (χ0) is 19.4. The van der Waals surface area contributed by atoms with Crippen LogP contribution in [0.15, 0.2) is 30.3 Å². The van der Waals surface area contributed by atoms with Crippen LogP contribution in [0.25, 0.3) is 6.08 Å². The fraction of sp³-hybridized carbons (Fsp3) is 0.524. The normalized spacial score (nSPS) is 21.7. The highest BCUT2D eigenvalue weighted by atomic mass is 19.1. The minimum atomic E-state index is -0.941. The molecule has 1 amide bonds. The predicted octanol–water partition coefficient (Wildman–Crippen LogP) is 3.02. The van der Waals surface area contributed by atoms with E-state index in [1.165, 1.54) is 12.1 Å². The molecule has 2 aliphatic rings. The van der Waals surface area contributed by atoms with Gasteiger partial charge in [-0.1, -0.05) is 24.3 Å². The van der Waals surface area contributed by atoms with Gasteiger partial charge in [-0.3, -0.25) is 9.69 Å². The van der Waals surface area contributed by atoms with Gasteiger partial charge < -0.3 is 10.0 Å². The van der Waals surface area contributed by atoms with Crippen molar-refractivity contribution in [3.05, 3.63) is 41.7 Å². The van der Waals surface area contributed by atoms with Gasteiger partial charge in [0.1, 0.15) is 11.9 Å². The SMILES string of the molecule is CC(C(=O)O)N1CC2(CCC1=O)CCN(C/C=C/c1ccc(F)cc1)CC2. The van der Waals surface area contributed by atoms with E-state index in [1.807, 2.05) is 6.08 Å². The summed E-state index contributed by atoms with van der Waals surface area (Å²) < 4.78 is 12.9. The second kappa shape index (κ2) is 8.21. The molecule has 1 spiro atoms. The predicted molar refractivity (Wildman–Crippen MR) is 102 cm³/mol. The van der Waals surface area contributed by atoms with Gasteiger partial charge in [-0.25, -0.2) is 9.18 Å². The molecule has 6 heteroatoms. The Balaban J connectivity index is 1.52. The van der Waals surface area contributed by atoms with Crippen molar-refractivity contribution < 1.29 is 19.1 Å². The summed E-state index contributed by atoms with van der Waals surface area (Å²) in [6.45, 7) is 4.86. The van der Waals surface area contributed by atoms with Crippen molar-refractivity contribution in [2.75, 3.05) is 26.2 Å². The number of carboxylic acid groups (broad SMARTS) is 1. The van der Waals surface area contributed by atoms with Crippen molar-refractivity contribution in [3.8, 4) is 0 Å². The molecule has 2 aliphatic heterocycles. The molecule has 1 N–H and O–H groups in total. The van der Waals surface area contributed by atoms with Crippen molar-refractivity contribution >= 4 is 18.0 Å². The number of carboxylic acids is 1. The van der Waals surface area contributed by atoms with E-state index in [0.29, 0.717) is 13.0 Å². The Morgan fingerprint density at radius 1 is 1.26 bits per heavy atom.